The molecular weight excluding hydrogens is 319 g/mol. The van der Waals surface area contributed by atoms with E-state index in [0.717, 1.165) is 17.4 Å². The van der Waals surface area contributed by atoms with Crippen LogP contribution < -0.4 is 10.6 Å². The van der Waals surface area contributed by atoms with Crippen LogP contribution in [0.3, 0.4) is 0 Å². The Kier molecular flexibility index (Phi) is 3.76. The molecular formula is C16H16BrFN2. The molecule has 20 heavy (non-hydrogen) atoms. The number of nitrogens with two attached hydrogens (primary N) is 1. The molecule has 0 aromatic heterocycles. The van der Waals surface area contributed by atoms with Crippen LogP contribution in [0.1, 0.15) is 17.2 Å². The minimum atomic E-state index is -0.201. The highest BCUT2D eigenvalue weighted by Gasteiger charge is 2.27. The smallest absolute Gasteiger partial charge is 0.128 e. The van der Waals surface area contributed by atoms with Crippen LogP contribution in [-0.2, 0) is 6.42 Å². The maximum atomic E-state index is 14.1. The van der Waals surface area contributed by atoms with Gasteiger partial charge in [0.1, 0.15) is 5.82 Å². The molecule has 0 spiro atoms. The lowest BCUT2D eigenvalue weighted by Gasteiger charge is -2.30. The largest absolute Gasteiger partial charge is 0.363 e. The van der Waals surface area contributed by atoms with E-state index in [2.05, 4.69) is 33.0 Å². The molecule has 0 aliphatic carbocycles. The Morgan fingerprint density at radius 1 is 1.25 bits per heavy atom. The van der Waals surface area contributed by atoms with Gasteiger partial charge in [0.15, 0.2) is 0 Å². The van der Waals surface area contributed by atoms with E-state index in [0.29, 0.717) is 12.1 Å². The number of hydrogen-bond acceptors (Lipinski definition) is 2. The third-order valence-electron chi connectivity index (χ3n) is 3.84. The predicted molar refractivity (Wildman–Crippen MR) is 83.4 cm³/mol. The van der Waals surface area contributed by atoms with Crippen molar-refractivity contribution in [2.24, 2.45) is 5.73 Å². The van der Waals surface area contributed by atoms with E-state index in [1.165, 1.54) is 17.3 Å². The molecule has 1 unspecified atom stereocenters. The van der Waals surface area contributed by atoms with Gasteiger partial charge < -0.3 is 10.6 Å². The second-order valence-electron chi connectivity index (χ2n) is 4.99. The van der Waals surface area contributed by atoms with E-state index >= 15 is 0 Å². The molecule has 1 aliphatic rings. The monoisotopic (exact) mass is 334 g/mol. The van der Waals surface area contributed by atoms with Gasteiger partial charge in [0.05, 0.1) is 6.04 Å². The molecule has 0 saturated carbocycles. The molecule has 0 fully saturated rings. The van der Waals surface area contributed by atoms with Gasteiger partial charge in [-0.15, -0.1) is 0 Å². The molecule has 104 valence electrons. The molecule has 4 heteroatoms. The molecule has 1 aliphatic heterocycles. The number of rotatable bonds is 3. The Morgan fingerprint density at radius 2 is 2.05 bits per heavy atom. The van der Waals surface area contributed by atoms with E-state index in [-0.39, 0.29) is 11.9 Å². The molecule has 0 saturated heterocycles. The van der Waals surface area contributed by atoms with Gasteiger partial charge in [-0.2, -0.15) is 0 Å². The SMILES string of the molecule is NCC(c1cc(Br)ccc1F)N1CCc2ccccc21. The van der Waals surface area contributed by atoms with Crippen LogP contribution in [0.4, 0.5) is 10.1 Å². The van der Waals surface area contributed by atoms with Crippen molar-refractivity contribution in [2.45, 2.75) is 12.5 Å². The second-order valence-corrected chi connectivity index (χ2v) is 5.91. The highest BCUT2D eigenvalue weighted by atomic mass is 79.9. The highest BCUT2D eigenvalue weighted by Crippen LogP contribution is 2.35. The predicted octanol–water partition coefficient (Wildman–Crippen LogP) is 3.65. The molecule has 1 atom stereocenters. The zero-order valence-corrected chi connectivity index (χ0v) is 12.6. The molecule has 3 rings (SSSR count). The van der Waals surface area contributed by atoms with E-state index in [1.54, 1.807) is 6.07 Å². The van der Waals surface area contributed by atoms with E-state index in [1.807, 2.05) is 18.2 Å². The average molecular weight is 335 g/mol. The number of halogens is 2. The zero-order chi connectivity index (χ0) is 14.1. The van der Waals surface area contributed by atoms with Crippen molar-refractivity contribution in [1.82, 2.24) is 0 Å². The van der Waals surface area contributed by atoms with Crippen LogP contribution in [0.15, 0.2) is 46.9 Å². The Hall–Kier alpha value is -1.39. The van der Waals surface area contributed by atoms with Gasteiger partial charge >= 0.3 is 0 Å². The topological polar surface area (TPSA) is 29.3 Å². The second kappa shape index (κ2) is 5.54. The van der Waals surface area contributed by atoms with Crippen molar-refractivity contribution in [3.8, 4) is 0 Å². The Bertz CT molecular complexity index is 630. The zero-order valence-electron chi connectivity index (χ0n) is 11.0. The molecule has 2 aromatic rings. The minimum absolute atomic E-state index is 0.129. The van der Waals surface area contributed by atoms with E-state index < -0.39 is 0 Å². The molecule has 2 nitrogen and oxygen atoms in total. The number of anilines is 1. The summed E-state index contributed by atoms with van der Waals surface area (Å²) < 4.78 is 15.0. The van der Waals surface area contributed by atoms with Crippen LogP contribution in [0.25, 0.3) is 0 Å². The summed E-state index contributed by atoms with van der Waals surface area (Å²) in [6.45, 7) is 1.27. The summed E-state index contributed by atoms with van der Waals surface area (Å²) >= 11 is 3.41. The minimum Gasteiger partial charge on any atom is -0.363 e. The van der Waals surface area contributed by atoms with Crippen molar-refractivity contribution >= 4 is 21.6 Å². The van der Waals surface area contributed by atoms with Gasteiger partial charge in [0, 0.05) is 28.8 Å². The maximum Gasteiger partial charge on any atom is 0.128 e. The standard InChI is InChI=1S/C16H16BrFN2/c17-12-5-6-14(18)13(9-12)16(10-19)20-8-7-11-3-1-2-4-15(11)20/h1-6,9,16H,7-8,10,19H2. The normalized spacial score (nSPS) is 15.2. The maximum absolute atomic E-state index is 14.1. The summed E-state index contributed by atoms with van der Waals surface area (Å²) in [7, 11) is 0. The molecule has 1 heterocycles. The molecule has 2 aromatic carbocycles. The van der Waals surface area contributed by atoms with Gasteiger partial charge in [-0.05, 0) is 36.2 Å². The van der Waals surface area contributed by atoms with E-state index in [9.17, 15) is 4.39 Å². The molecule has 0 bridgehead atoms. The number of hydrogen-bond donors (Lipinski definition) is 1. The summed E-state index contributed by atoms with van der Waals surface area (Å²) in [6, 6.07) is 13.2. The molecule has 2 N–H and O–H groups in total. The Morgan fingerprint density at radius 3 is 2.85 bits per heavy atom. The molecule has 0 amide bonds. The average Bonchev–Trinajstić information content (AvgIpc) is 2.88. The van der Waals surface area contributed by atoms with Crippen molar-refractivity contribution in [1.29, 1.82) is 0 Å². The van der Waals surface area contributed by atoms with E-state index in [4.69, 9.17) is 5.73 Å². The number of nitrogens with zero attached hydrogens (tertiary/aromatic N) is 1. The van der Waals surface area contributed by atoms with Gasteiger partial charge in [0.2, 0.25) is 0 Å². The summed E-state index contributed by atoms with van der Waals surface area (Å²) in [4.78, 5) is 2.21. The van der Waals surface area contributed by atoms with Crippen molar-refractivity contribution in [2.75, 3.05) is 18.0 Å². The van der Waals surface area contributed by atoms with Gasteiger partial charge in [-0.25, -0.2) is 4.39 Å². The fourth-order valence-corrected chi connectivity index (χ4v) is 3.26. The van der Waals surface area contributed by atoms with Crippen molar-refractivity contribution < 1.29 is 4.39 Å². The first kappa shape index (κ1) is 13.6. The third kappa shape index (κ3) is 2.34. The fraction of sp³-hybridized carbons (Fsp3) is 0.250. The third-order valence-corrected chi connectivity index (χ3v) is 4.33. The van der Waals surface area contributed by atoms with Crippen LogP contribution in [0.2, 0.25) is 0 Å². The Balaban J connectivity index is 2.01. The number of benzene rings is 2. The first-order valence-corrected chi connectivity index (χ1v) is 7.49. The van der Waals surface area contributed by atoms with Gasteiger partial charge in [-0.1, -0.05) is 34.1 Å². The summed E-state index contributed by atoms with van der Waals surface area (Å²) in [5.41, 5.74) is 9.06. The quantitative estimate of drug-likeness (QED) is 0.928. The van der Waals surface area contributed by atoms with Crippen LogP contribution in [0, 0.1) is 5.82 Å². The first-order valence-electron chi connectivity index (χ1n) is 6.70. The molecule has 0 radical (unpaired) electrons. The lowest BCUT2D eigenvalue weighted by molar-refractivity contribution is 0.564. The highest BCUT2D eigenvalue weighted by molar-refractivity contribution is 9.10. The number of para-hydroxylation sites is 1. The lowest BCUT2D eigenvalue weighted by Crippen LogP contribution is -2.33. The van der Waals surface area contributed by atoms with Crippen LogP contribution >= 0.6 is 15.9 Å². The first-order chi connectivity index (χ1) is 9.70. The fourth-order valence-electron chi connectivity index (χ4n) is 2.88. The van der Waals surface area contributed by atoms with Crippen molar-refractivity contribution in [3.63, 3.8) is 0 Å². The lowest BCUT2D eigenvalue weighted by atomic mass is 10.0. The summed E-state index contributed by atoms with van der Waals surface area (Å²) in [5, 5.41) is 0. The van der Waals surface area contributed by atoms with Crippen LogP contribution in [-0.4, -0.2) is 13.1 Å². The Labute approximate surface area is 126 Å². The summed E-state index contributed by atoms with van der Waals surface area (Å²) in [5.74, 6) is -0.201. The van der Waals surface area contributed by atoms with Crippen LogP contribution in [0.5, 0.6) is 0 Å². The van der Waals surface area contributed by atoms with Crippen molar-refractivity contribution in [3.05, 3.63) is 63.9 Å². The summed E-state index contributed by atoms with van der Waals surface area (Å²) in [6.07, 6.45) is 0.988. The number of fused-ring (bicyclic) bond motifs is 1. The van der Waals surface area contributed by atoms with Gasteiger partial charge in [-0.3, -0.25) is 0 Å². The van der Waals surface area contributed by atoms with Gasteiger partial charge in [0.25, 0.3) is 0 Å².